The van der Waals surface area contributed by atoms with Crippen molar-refractivity contribution in [3.63, 3.8) is 0 Å². The van der Waals surface area contributed by atoms with Crippen molar-refractivity contribution in [2.45, 2.75) is 6.92 Å². The average molecular weight is 279 g/mol. The van der Waals surface area contributed by atoms with Gasteiger partial charge in [-0.15, -0.1) is 10.2 Å². The lowest BCUT2D eigenvalue weighted by Gasteiger charge is -2.00. The summed E-state index contributed by atoms with van der Waals surface area (Å²) in [5, 5.41) is 20.8. The zero-order valence-corrected chi connectivity index (χ0v) is 10.4. The normalized spacial score (nSPS) is 11.1. The fraction of sp³-hybridized carbons (Fsp3) is 0.0909. The Bertz CT molecular complexity index is 792. The molecule has 0 aliphatic carbocycles. The van der Waals surface area contributed by atoms with Crippen LogP contribution in [-0.4, -0.2) is 30.8 Å². The predicted octanol–water partition coefficient (Wildman–Crippen LogP) is 2.04. The topological polar surface area (TPSA) is 93.5 Å². The molecule has 3 aromatic heterocycles. The number of aromatic nitrogens is 4. The van der Waals surface area contributed by atoms with Gasteiger partial charge in [0.1, 0.15) is 0 Å². The molecule has 0 fully saturated rings. The van der Waals surface area contributed by atoms with Gasteiger partial charge in [0.15, 0.2) is 5.65 Å². The number of aromatic carboxylic acids is 1. The third kappa shape index (κ3) is 1.84. The SMILES string of the molecule is Cc1cc(-c2nnc3c(Cl)cc(C(=O)O)cn23)on1. The van der Waals surface area contributed by atoms with Gasteiger partial charge in [-0.2, -0.15) is 0 Å². The lowest BCUT2D eigenvalue weighted by molar-refractivity contribution is 0.0696. The molecule has 0 spiro atoms. The molecule has 0 saturated carbocycles. The molecule has 0 radical (unpaired) electrons. The van der Waals surface area contributed by atoms with Crippen LogP contribution in [0.5, 0.6) is 0 Å². The van der Waals surface area contributed by atoms with E-state index in [1.54, 1.807) is 13.0 Å². The van der Waals surface area contributed by atoms with E-state index in [0.29, 0.717) is 22.9 Å². The van der Waals surface area contributed by atoms with E-state index in [-0.39, 0.29) is 10.6 Å². The largest absolute Gasteiger partial charge is 0.478 e. The van der Waals surface area contributed by atoms with Gasteiger partial charge >= 0.3 is 5.97 Å². The van der Waals surface area contributed by atoms with Gasteiger partial charge in [-0.1, -0.05) is 16.8 Å². The minimum atomic E-state index is -1.09. The monoisotopic (exact) mass is 278 g/mol. The quantitative estimate of drug-likeness (QED) is 0.771. The second kappa shape index (κ2) is 4.06. The maximum absolute atomic E-state index is 11.0. The van der Waals surface area contributed by atoms with Crippen LogP contribution in [0.25, 0.3) is 17.2 Å². The third-order valence-electron chi connectivity index (χ3n) is 2.56. The molecule has 0 aromatic carbocycles. The first-order valence-corrected chi connectivity index (χ1v) is 5.65. The molecule has 0 aliphatic heterocycles. The van der Waals surface area contributed by atoms with E-state index in [1.165, 1.54) is 16.7 Å². The molecule has 3 heterocycles. The molecule has 1 N–H and O–H groups in total. The smallest absolute Gasteiger partial charge is 0.337 e. The molecule has 19 heavy (non-hydrogen) atoms. The average Bonchev–Trinajstić information content (AvgIpc) is 2.94. The van der Waals surface area contributed by atoms with Crippen molar-refractivity contribution >= 4 is 23.2 Å². The molecule has 3 aromatic rings. The van der Waals surface area contributed by atoms with Crippen molar-refractivity contribution in [1.82, 2.24) is 19.8 Å². The molecule has 96 valence electrons. The van der Waals surface area contributed by atoms with E-state index < -0.39 is 5.97 Å². The highest BCUT2D eigenvalue weighted by molar-refractivity contribution is 6.33. The summed E-state index contributed by atoms with van der Waals surface area (Å²) in [6, 6.07) is 3.00. The number of pyridine rings is 1. The molecule has 8 heteroatoms. The predicted molar refractivity (Wildman–Crippen MR) is 65.2 cm³/mol. The summed E-state index contributed by atoms with van der Waals surface area (Å²) < 4.78 is 6.56. The summed E-state index contributed by atoms with van der Waals surface area (Å²) in [6.45, 7) is 1.77. The Morgan fingerprint density at radius 2 is 2.21 bits per heavy atom. The van der Waals surface area contributed by atoms with Gasteiger partial charge in [0, 0.05) is 12.3 Å². The Balaban J connectivity index is 2.29. The van der Waals surface area contributed by atoms with E-state index in [4.69, 9.17) is 21.2 Å². The van der Waals surface area contributed by atoms with E-state index in [9.17, 15) is 4.79 Å². The number of hydrogen-bond donors (Lipinski definition) is 1. The standard InChI is InChI=1S/C11H7ClN4O3/c1-5-2-8(19-15-5)10-14-13-9-7(12)3-6(11(17)18)4-16(9)10/h2-4H,1H3,(H,17,18). The van der Waals surface area contributed by atoms with Crippen molar-refractivity contribution < 1.29 is 14.4 Å². The van der Waals surface area contributed by atoms with Gasteiger partial charge in [0.25, 0.3) is 0 Å². The third-order valence-corrected chi connectivity index (χ3v) is 2.83. The maximum atomic E-state index is 11.0. The number of halogens is 1. The van der Waals surface area contributed by atoms with Gasteiger partial charge in [-0.25, -0.2) is 4.79 Å². The molecular weight excluding hydrogens is 272 g/mol. The fourth-order valence-electron chi connectivity index (χ4n) is 1.71. The van der Waals surface area contributed by atoms with E-state index >= 15 is 0 Å². The summed E-state index contributed by atoms with van der Waals surface area (Å²) in [5.41, 5.74) is 1.08. The molecule has 0 bridgehead atoms. The highest BCUT2D eigenvalue weighted by atomic mass is 35.5. The second-order valence-electron chi connectivity index (χ2n) is 3.93. The first kappa shape index (κ1) is 11.7. The van der Waals surface area contributed by atoms with Crippen molar-refractivity contribution in [1.29, 1.82) is 0 Å². The highest BCUT2D eigenvalue weighted by Crippen LogP contribution is 2.24. The summed E-state index contributed by atoms with van der Waals surface area (Å²) in [7, 11) is 0. The van der Waals surface area contributed by atoms with Crippen molar-refractivity contribution in [3.8, 4) is 11.6 Å². The van der Waals surface area contributed by atoms with Crippen molar-refractivity contribution in [2.75, 3.05) is 0 Å². The van der Waals surface area contributed by atoms with Crippen LogP contribution in [0.15, 0.2) is 22.9 Å². The molecule has 0 atom stereocenters. The first-order valence-electron chi connectivity index (χ1n) is 5.27. The number of carboxylic acid groups (broad SMARTS) is 1. The minimum Gasteiger partial charge on any atom is -0.478 e. The van der Waals surface area contributed by atoms with Crippen LogP contribution in [0, 0.1) is 6.92 Å². The van der Waals surface area contributed by atoms with E-state index in [2.05, 4.69) is 15.4 Å². The Morgan fingerprint density at radius 3 is 2.84 bits per heavy atom. The van der Waals surface area contributed by atoms with Crippen LogP contribution >= 0.6 is 11.6 Å². The summed E-state index contributed by atoms with van der Waals surface area (Å²) >= 11 is 5.98. The summed E-state index contributed by atoms with van der Waals surface area (Å²) in [6.07, 6.45) is 1.39. The van der Waals surface area contributed by atoms with Crippen LogP contribution in [-0.2, 0) is 0 Å². The lowest BCUT2D eigenvalue weighted by Crippen LogP contribution is -2.00. The number of fused-ring (bicyclic) bond motifs is 1. The number of aryl methyl sites for hydroxylation is 1. The number of carbonyl (C=O) groups is 1. The molecule has 0 aliphatic rings. The summed E-state index contributed by atoms with van der Waals surface area (Å²) in [4.78, 5) is 11.0. The van der Waals surface area contributed by atoms with Gasteiger partial charge in [-0.05, 0) is 13.0 Å². The Kier molecular flexibility index (Phi) is 2.49. The number of nitrogens with zero attached hydrogens (tertiary/aromatic N) is 4. The molecule has 0 unspecified atom stereocenters. The maximum Gasteiger partial charge on any atom is 0.337 e. The highest BCUT2D eigenvalue weighted by Gasteiger charge is 2.17. The molecular formula is C11H7ClN4O3. The summed E-state index contributed by atoms with van der Waals surface area (Å²) in [5.74, 6) is -0.346. The molecule has 3 rings (SSSR count). The van der Waals surface area contributed by atoms with Crippen molar-refractivity contribution in [3.05, 3.63) is 34.6 Å². The van der Waals surface area contributed by atoms with Gasteiger partial charge in [0.2, 0.25) is 11.6 Å². The van der Waals surface area contributed by atoms with Crippen LogP contribution in [0.4, 0.5) is 0 Å². The van der Waals surface area contributed by atoms with Gasteiger partial charge in [0.05, 0.1) is 16.3 Å². The molecule has 0 saturated heterocycles. The van der Waals surface area contributed by atoms with E-state index in [1.807, 2.05) is 0 Å². The molecule has 7 nitrogen and oxygen atoms in total. The van der Waals surface area contributed by atoms with Crippen LogP contribution in [0.3, 0.4) is 0 Å². The molecule has 0 amide bonds. The van der Waals surface area contributed by atoms with E-state index in [0.717, 1.165) is 0 Å². The van der Waals surface area contributed by atoms with Crippen LogP contribution in [0.1, 0.15) is 16.1 Å². The number of carboxylic acids is 1. The number of rotatable bonds is 2. The van der Waals surface area contributed by atoms with Crippen LogP contribution < -0.4 is 0 Å². The zero-order chi connectivity index (χ0) is 13.6. The Morgan fingerprint density at radius 1 is 1.42 bits per heavy atom. The fourth-order valence-corrected chi connectivity index (χ4v) is 1.95. The minimum absolute atomic E-state index is 0.0368. The Labute approximate surface area is 111 Å². The first-order chi connectivity index (χ1) is 9.06. The van der Waals surface area contributed by atoms with Crippen molar-refractivity contribution in [2.24, 2.45) is 0 Å². The second-order valence-corrected chi connectivity index (χ2v) is 4.34. The van der Waals surface area contributed by atoms with Gasteiger partial charge < -0.3 is 9.63 Å². The lowest BCUT2D eigenvalue weighted by atomic mass is 10.3. The zero-order valence-electron chi connectivity index (χ0n) is 9.66. The van der Waals surface area contributed by atoms with Crippen LogP contribution in [0.2, 0.25) is 5.02 Å². The number of hydrogen-bond acceptors (Lipinski definition) is 5. The Hall–Kier alpha value is -2.41. The van der Waals surface area contributed by atoms with Gasteiger partial charge in [-0.3, -0.25) is 4.40 Å².